The molecule has 38 heavy (non-hydrogen) atoms. The highest BCUT2D eigenvalue weighted by atomic mass is 35.5. The fraction of sp³-hybridized carbons (Fsp3) is 0.385. The second kappa shape index (κ2) is 11.1. The van der Waals surface area contributed by atoms with E-state index in [2.05, 4.69) is 10.3 Å². The molecule has 2 aromatic heterocycles. The van der Waals surface area contributed by atoms with Crippen molar-refractivity contribution in [3.05, 3.63) is 56.4 Å². The van der Waals surface area contributed by atoms with Crippen LogP contribution in [0.1, 0.15) is 26.3 Å². The van der Waals surface area contributed by atoms with Gasteiger partial charge in [-0.2, -0.15) is 5.26 Å². The van der Waals surface area contributed by atoms with Crippen LogP contribution in [0.4, 0.5) is 16.3 Å². The second-order valence-electron chi connectivity index (χ2n) is 9.77. The third-order valence-electron chi connectivity index (χ3n) is 5.72. The summed E-state index contributed by atoms with van der Waals surface area (Å²) in [6, 6.07) is 10.4. The van der Waals surface area contributed by atoms with Gasteiger partial charge in [0.25, 0.3) is 5.56 Å². The number of benzene rings is 1. The fourth-order valence-electron chi connectivity index (χ4n) is 3.90. The first-order chi connectivity index (χ1) is 17.9. The lowest BCUT2D eigenvalue weighted by Gasteiger charge is -2.34. The van der Waals surface area contributed by atoms with E-state index in [4.69, 9.17) is 42.7 Å². The van der Waals surface area contributed by atoms with E-state index in [9.17, 15) is 9.59 Å². The van der Waals surface area contributed by atoms with E-state index in [1.165, 1.54) is 10.6 Å². The van der Waals surface area contributed by atoms with Gasteiger partial charge >= 0.3 is 6.09 Å². The maximum absolute atomic E-state index is 12.9. The molecule has 1 N–H and O–H groups in total. The van der Waals surface area contributed by atoms with Crippen molar-refractivity contribution in [1.29, 1.82) is 5.26 Å². The molecule has 1 aliphatic rings. The number of ether oxygens (including phenoxy) is 3. The predicted octanol–water partition coefficient (Wildman–Crippen LogP) is 4.87. The van der Waals surface area contributed by atoms with Crippen LogP contribution in [0.15, 0.2) is 35.1 Å². The van der Waals surface area contributed by atoms with Crippen LogP contribution in [-0.4, -0.2) is 58.6 Å². The molecular formula is C26H27Cl2N5O5. The number of aromatic nitrogens is 2. The summed E-state index contributed by atoms with van der Waals surface area (Å²) >= 11 is 12.3. The Balaban J connectivity index is 1.51. The zero-order chi connectivity index (χ0) is 27.6. The van der Waals surface area contributed by atoms with Crippen LogP contribution in [0.2, 0.25) is 10.2 Å². The third-order valence-corrected chi connectivity index (χ3v) is 6.30. The van der Waals surface area contributed by atoms with Crippen LogP contribution >= 0.6 is 23.2 Å². The highest BCUT2D eigenvalue weighted by Gasteiger charge is 2.28. The Morgan fingerprint density at radius 1 is 1.29 bits per heavy atom. The summed E-state index contributed by atoms with van der Waals surface area (Å²) in [6.07, 6.45) is -0.829. The number of nitrogens with one attached hydrogen (secondary N) is 1. The first-order valence-electron chi connectivity index (χ1n) is 11.8. The first-order valence-corrected chi connectivity index (χ1v) is 12.6. The maximum Gasteiger partial charge on any atom is 0.410 e. The molecule has 1 saturated heterocycles. The van der Waals surface area contributed by atoms with E-state index in [1.807, 2.05) is 32.9 Å². The van der Waals surface area contributed by atoms with E-state index >= 15 is 0 Å². The van der Waals surface area contributed by atoms with Crippen molar-refractivity contribution in [2.75, 3.05) is 31.6 Å². The minimum Gasteiger partial charge on any atom is -0.485 e. The Labute approximate surface area is 229 Å². The molecule has 0 radical (unpaired) electrons. The maximum atomic E-state index is 12.9. The number of morpholine rings is 1. The molecule has 1 aromatic carbocycles. The molecule has 1 fully saturated rings. The van der Waals surface area contributed by atoms with E-state index in [-0.39, 0.29) is 40.2 Å². The number of amides is 1. The number of carbonyl (C=O) groups is 1. The number of rotatable bonds is 5. The number of hydrogen-bond acceptors (Lipinski definition) is 8. The second-order valence-corrected chi connectivity index (χ2v) is 10.5. The van der Waals surface area contributed by atoms with E-state index in [1.54, 1.807) is 30.1 Å². The minimum atomic E-state index is -0.597. The average Bonchev–Trinajstić information content (AvgIpc) is 2.86. The summed E-state index contributed by atoms with van der Waals surface area (Å²) in [5.41, 5.74) is 0.603. The summed E-state index contributed by atoms with van der Waals surface area (Å²) < 4.78 is 18.6. The first kappa shape index (κ1) is 27.5. The van der Waals surface area contributed by atoms with Crippen molar-refractivity contribution < 1.29 is 19.0 Å². The number of aryl methyl sites for hydroxylation is 1. The van der Waals surface area contributed by atoms with Crippen LogP contribution < -0.4 is 15.6 Å². The number of anilines is 2. The van der Waals surface area contributed by atoms with Gasteiger partial charge in [0.15, 0.2) is 11.6 Å². The van der Waals surface area contributed by atoms with Gasteiger partial charge in [-0.1, -0.05) is 23.2 Å². The van der Waals surface area contributed by atoms with Gasteiger partial charge in [0.05, 0.1) is 29.3 Å². The number of pyridine rings is 2. The Morgan fingerprint density at radius 3 is 2.76 bits per heavy atom. The number of halogens is 2. The lowest BCUT2D eigenvalue weighted by atomic mass is 10.2. The summed E-state index contributed by atoms with van der Waals surface area (Å²) in [4.78, 5) is 31.1. The molecule has 200 valence electrons. The van der Waals surface area contributed by atoms with Gasteiger partial charge < -0.3 is 29.0 Å². The summed E-state index contributed by atoms with van der Waals surface area (Å²) in [5, 5.41) is 13.2. The predicted molar refractivity (Wildman–Crippen MR) is 144 cm³/mol. The lowest BCUT2D eigenvalue weighted by Crippen LogP contribution is -2.49. The molecule has 3 heterocycles. The van der Waals surface area contributed by atoms with Gasteiger partial charge in [0, 0.05) is 24.7 Å². The molecular weight excluding hydrogens is 533 g/mol. The smallest absolute Gasteiger partial charge is 0.410 e. The molecule has 1 amide bonds. The Morgan fingerprint density at radius 2 is 2.05 bits per heavy atom. The number of fused-ring (bicyclic) bond motifs is 1. The highest BCUT2D eigenvalue weighted by molar-refractivity contribution is 6.35. The van der Waals surface area contributed by atoms with Crippen LogP contribution in [0.25, 0.3) is 10.9 Å². The third kappa shape index (κ3) is 6.30. The van der Waals surface area contributed by atoms with Crippen molar-refractivity contribution in [3.63, 3.8) is 0 Å². The molecule has 1 aliphatic heterocycles. The van der Waals surface area contributed by atoms with Crippen LogP contribution in [-0.2, 0) is 16.5 Å². The number of nitrogens with zero attached hydrogens (tertiary/aromatic N) is 4. The van der Waals surface area contributed by atoms with Gasteiger partial charge in [0.2, 0.25) is 0 Å². The zero-order valence-electron chi connectivity index (χ0n) is 21.4. The van der Waals surface area contributed by atoms with Crippen LogP contribution in [0.5, 0.6) is 5.75 Å². The van der Waals surface area contributed by atoms with Crippen molar-refractivity contribution in [2.45, 2.75) is 32.5 Å². The lowest BCUT2D eigenvalue weighted by molar-refractivity contribution is -0.0558. The van der Waals surface area contributed by atoms with Gasteiger partial charge in [-0.05, 0) is 51.1 Å². The normalized spacial score (nSPS) is 15.7. The van der Waals surface area contributed by atoms with E-state index in [0.717, 1.165) is 5.39 Å². The standard InChI is InChI=1S/C26H27Cl2N5O5/c1-26(2,3)38-25(35)33-7-8-36-18(13-33)14-37-21-11-15-9-17(5-6-20(15)32(4)24(21)34)30-23-19(27)10-16(12-29)22(28)31-23/h5-6,9-11,18H,7-8,13-14H2,1-4H3,(H,30,31). The fourth-order valence-corrected chi connectivity index (χ4v) is 4.28. The van der Waals surface area contributed by atoms with Crippen LogP contribution in [0.3, 0.4) is 0 Å². The highest BCUT2D eigenvalue weighted by Crippen LogP contribution is 2.29. The molecule has 12 heteroatoms. The Bertz CT molecular complexity index is 1480. The van der Waals surface area contributed by atoms with Crippen molar-refractivity contribution in [3.8, 4) is 11.8 Å². The van der Waals surface area contributed by atoms with Crippen LogP contribution in [0, 0.1) is 11.3 Å². The van der Waals surface area contributed by atoms with E-state index in [0.29, 0.717) is 30.2 Å². The monoisotopic (exact) mass is 559 g/mol. The van der Waals surface area contributed by atoms with Crippen molar-refractivity contribution in [1.82, 2.24) is 14.5 Å². The molecule has 1 atom stereocenters. The van der Waals surface area contributed by atoms with Gasteiger partial charge in [-0.25, -0.2) is 9.78 Å². The molecule has 0 aliphatic carbocycles. The summed E-state index contributed by atoms with van der Waals surface area (Å²) in [5.74, 6) is 0.438. The van der Waals surface area contributed by atoms with Crippen molar-refractivity contribution >= 4 is 51.7 Å². The number of nitriles is 1. The van der Waals surface area contributed by atoms with E-state index < -0.39 is 17.8 Å². The molecule has 4 rings (SSSR count). The van der Waals surface area contributed by atoms with Gasteiger partial charge in [-0.15, -0.1) is 0 Å². The molecule has 10 nitrogen and oxygen atoms in total. The zero-order valence-corrected chi connectivity index (χ0v) is 22.9. The Hall–Kier alpha value is -3.52. The van der Waals surface area contributed by atoms with Crippen molar-refractivity contribution in [2.24, 2.45) is 7.05 Å². The number of carbonyl (C=O) groups excluding carboxylic acids is 1. The molecule has 1 unspecified atom stereocenters. The summed E-state index contributed by atoms with van der Waals surface area (Å²) in [6.45, 7) is 6.57. The Kier molecular flexibility index (Phi) is 8.02. The molecule has 0 saturated carbocycles. The van der Waals surface area contributed by atoms with Gasteiger partial charge in [0.1, 0.15) is 29.5 Å². The average molecular weight is 560 g/mol. The molecule has 3 aromatic rings. The molecule has 0 bridgehead atoms. The molecule has 0 spiro atoms. The number of hydrogen-bond donors (Lipinski definition) is 1. The quantitative estimate of drug-likeness (QED) is 0.439. The SMILES string of the molecule is Cn1c(=O)c(OCC2CN(C(=O)OC(C)(C)C)CCO2)cc2cc(Nc3nc(Cl)c(C#N)cc3Cl)ccc21. The van der Waals surface area contributed by atoms with Gasteiger partial charge in [-0.3, -0.25) is 4.79 Å². The minimum absolute atomic E-state index is 0.0356. The largest absolute Gasteiger partial charge is 0.485 e. The topological polar surface area (TPSA) is 119 Å². The summed E-state index contributed by atoms with van der Waals surface area (Å²) in [7, 11) is 1.66.